The van der Waals surface area contributed by atoms with Crippen LogP contribution in [0, 0.1) is 5.92 Å². The molecule has 23 heavy (non-hydrogen) atoms. The van der Waals surface area contributed by atoms with Crippen LogP contribution in [0.1, 0.15) is 13.3 Å². The van der Waals surface area contributed by atoms with Gasteiger partial charge in [0, 0.05) is 30.5 Å². The highest BCUT2D eigenvalue weighted by atomic mass is 15.1. The van der Waals surface area contributed by atoms with Crippen molar-refractivity contribution in [3.8, 4) is 11.3 Å². The summed E-state index contributed by atoms with van der Waals surface area (Å²) >= 11 is 0. The van der Waals surface area contributed by atoms with Gasteiger partial charge in [0.25, 0.3) is 0 Å². The number of aromatic amines is 1. The number of piperidine rings is 1. The monoisotopic (exact) mass is 308 g/mol. The van der Waals surface area contributed by atoms with E-state index in [1.807, 2.05) is 30.6 Å². The molecule has 6 nitrogen and oxygen atoms in total. The van der Waals surface area contributed by atoms with Gasteiger partial charge in [-0.3, -0.25) is 0 Å². The van der Waals surface area contributed by atoms with Crippen LogP contribution in [0.15, 0.2) is 36.8 Å². The third kappa shape index (κ3) is 2.90. The summed E-state index contributed by atoms with van der Waals surface area (Å²) in [7, 11) is 0. The van der Waals surface area contributed by atoms with E-state index in [1.54, 1.807) is 6.20 Å². The number of nitrogens with one attached hydrogen (secondary N) is 3. The molecule has 3 aromatic rings. The van der Waals surface area contributed by atoms with Crippen LogP contribution >= 0.6 is 0 Å². The average molecular weight is 308 g/mol. The first kappa shape index (κ1) is 14.1. The number of fused-ring (bicyclic) bond motifs is 1. The Bertz CT molecular complexity index is 811. The van der Waals surface area contributed by atoms with Gasteiger partial charge in [0.1, 0.15) is 11.3 Å². The van der Waals surface area contributed by atoms with Crippen LogP contribution in [-0.2, 0) is 0 Å². The van der Waals surface area contributed by atoms with Crippen molar-refractivity contribution in [2.24, 2.45) is 5.92 Å². The quantitative estimate of drug-likeness (QED) is 0.692. The molecule has 1 fully saturated rings. The second-order valence-corrected chi connectivity index (χ2v) is 6.21. The summed E-state index contributed by atoms with van der Waals surface area (Å²) < 4.78 is 0. The highest BCUT2D eigenvalue weighted by Crippen LogP contribution is 2.26. The molecule has 0 aliphatic carbocycles. The lowest BCUT2D eigenvalue weighted by atomic mass is 9.97. The van der Waals surface area contributed by atoms with Gasteiger partial charge in [-0.05, 0) is 37.1 Å². The lowest BCUT2D eigenvalue weighted by Crippen LogP contribution is -2.42. The maximum Gasteiger partial charge on any atom is 0.156 e. The van der Waals surface area contributed by atoms with E-state index >= 15 is 0 Å². The second kappa shape index (κ2) is 5.96. The molecule has 1 saturated heterocycles. The van der Waals surface area contributed by atoms with E-state index in [1.165, 1.54) is 0 Å². The molecule has 1 aliphatic heterocycles. The molecule has 6 heteroatoms. The van der Waals surface area contributed by atoms with Gasteiger partial charge < -0.3 is 15.6 Å². The van der Waals surface area contributed by atoms with E-state index in [-0.39, 0.29) is 0 Å². The molecule has 0 amide bonds. The van der Waals surface area contributed by atoms with Crippen molar-refractivity contribution in [2.75, 3.05) is 18.4 Å². The minimum Gasteiger partial charge on any atom is -0.365 e. The third-order valence-corrected chi connectivity index (χ3v) is 4.26. The van der Waals surface area contributed by atoms with Crippen molar-refractivity contribution in [1.82, 2.24) is 25.3 Å². The maximum absolute atomic E-state index is 4.68. The SMILES string of the molecule is C[C@@H]1CNC[C@@H](Nc2ncccc2-c2cnc3[nH]ccc3n2)C1. The molecule has 0 saturated carbocycles. The zero-order valence-electron chi connectivity index (χ0n) is 13.1. The van der Waals surface area contributed by atoms with E-state index in [4.69, 9.17) is 0 Å². The van der Waals surface area contributed by atoms with Crippen molar-refractivity contribution in [3.63, 3.8) is 0 Å². The van der Waals surface area contributed by atoms with Gasteiger partial charge in [-0.15, -0.1) is 0 Å². The van der Waals surface area contributed by atoms with Crippen LogP contribution in [0.4, 0.5) is 5.82 Å². The zero-order chi connectivity index (χ0) is 15.6. The van der Waals surface area contributed by atoms with Gasteiger partial charge in [-0.25, -0.2) is 15.0 Å². The van der Waals surface area contributed by atoms with Gasteiger partial charge >= 0.3 is 0 Å². The van der Waals surface area contributed by atoms with Gasteiger partial charge in [-0.2, -0.15) is 0 Å². The number of pyridine rings is 1. The molecule has 0 aromatic carbocycles. The molecule has 4 rings (SSSR count). The summed E-state index contributed by atoms with van der Waals surface area (Å²) in [5, 5.41) is 7.03. The normalized spacial score (nSPS) is 21.4. The standard InChI is InChI=1S/C17H20N6/c1-11-7-12(9-18-8-11)22-16-13(3-2-5-19-16)15-10-21-17-14(23-15)4-6-20-17/h2-6,10-12,18H,7-9H2,1H3,(H,19,22)(H,20,21)/t11-,12-/m0/s1. The Morgan fingerprint density at radius 2 is 2.17 bits per heavy atom. The number of anilines is 1. The number of hydrogen-bond donors (Lipinski definition) is 3. The summed E-state index contributed by atoms with van der Waals surface area (Å²) in [5.41, 5.74) is 3.49. The first-order chi connectivity index (χ1) is 11.3. The van der Waals surface area contributed by atoms with E-state index in [9.17, 15) is 0 Å². The van der Waals surface area contributed by atoms with Gasteiger partial charge in [0.2, 0.25) is 0 Å². The lowest BCUT2D eigenvalue weighted by molar-refractivity contribution is 0.378. The molecule has 3 aromatic heterocycles. The molecule has 2 atom stereocenters. The third-order valence-electron chi connectivity index (χ3n) is 4.26. The van der Waals surface area contributed by atoms with Crippen LogP contribution in [0.25, 0.3) is 22.4 Å². The molecular weight excluding hydrogens is 288 g/mol. The van der Waals surface area contributed by atoms with E-state index in [2.05, 4.69) is 37.5 Å². The summed E-state index contributed by atoms with van der Waals surface area (Å²) in [6.45, 7) is 4.32. The smallest absolute Gasteiger partial charge is 0.156 e. The minimum absolute atomic E-state index is 0.386. The highest BCUT2D eigenvalue weighted by molar-refractivity contribution is 5.78. The molecular formula is C17H20N6. The van der Waals surface area contributed by atoms with E-state index in [0.29, 0.717) is 12.0 Å². The van der Waals surface area contributed by atoms with Crippen molar-refractivity contribution in [2.45, 2.75) is 19.4 Å². The predicted molar refractivity (Wildman–Crippen MR) is 91.2 cm³/mol. The van der Waals surface area contributed by atoms with Crippen molar-refractivity contribution in [1.29, 1.82) is 0 Å². The highest BCUT2D eigenvalue weighted by Gasteiger charge is 2.20. The number of nitrogens with zero attached hydrogens (tertiary/aromatic N) is 3. The Kier molecular flexibility index (Phi) is 3.67. The summed E-state index contributed by atoms with van der Waals surface area (Å²) in [5.74, 6) is 1.54. The van der Waals surface area contributed by atoms with Crippen LogP contribution in [-0.4, -0.2) is 39.1 Å². The largest absolute Gasteiger partial charge is 0.365 e. The Balaban J connectivity index is 1.66. The Labute approximate surface area is 134 Å². The molecule has 3 N–H and O–H groups in total. The van der Waals surface area contributed by atoms with E-state index in [0.717, 1.165) is 47.7 Å². The second-order valence-electron chi connectivity index (χ2n) is 6.21. The Morgan fingerprint density at radius 1 is 1.22 bits per heavy atom. The first-order valence-corrected chi connectivity index (χ1v) is 8.02. The topological polar surface area (TPSA) is 78.5 Å². The molecule has 118 valence electrons. The molecule has 0 unspecified atom stereocenters. The number of hydrogen-bond acceptors (Lipinski definition) is 5. The molecule has 0 radical (unpaired) electrons. The maximum atomic E-state index is 4.68. The van der Waals surface area contributed by atoms with Crippen molar-refractivity contribution < 1.29 is 0 Å². The van der Waals surface area contributed by atoms with E-state index < -0.39 is 0 Å². The minimum atomic E-state index is 0.386. The Morgan fingerprint density at radius 3 is 3.09 bits per heavy atom. The first-order valence-electron chi connectivity index (χ1n) is 8.02. The molecule has 1 aliphatic rings. The summed E-state index contributed by atoms with van der Waals surface area (Å²) in [6.07, 6.45) is 6.61. The fraction of sp³-hybridized carbons (Fsp3) is 0.353. The van der Waals surface area contributed by atoms with Crippen LogP contribution in [0.5, 0.6) is 0 Å². The van der Waals surface area contributed by atoms with Crippen LogP contribution < -0.4 is 10.6 Å². The van der Waals surface area contributed by atoms with Crippen LogP contribution in [0.2, 0.25) is 0 Å². The molecule has 0 bridgehead atoms. The van der Waals surface area contributed by atoms with Crippen LogP contribution in [0.3, 0.4) is 0 Å². The van der Waals surface area contributed by atoms with Gasteiger partial charge in [-0.1, -0.05) is 6.92 Å². The van der Waals surface area contributed by atoms with Gasteiger partial charge in [0.05, 0.1) is 11.9 Å². The lowest BCUT2D eigenvalue weighted by Gasteiger charge is -2.29. The Hall–Kier alpha value is -2.47. The number of aromatic nitrogens is 4. The predicted octanol–water partition coefficient (Wildman–Crippen LogP) is 2.43. The fourth-order valence-electron chi connectivity index (χ4n) is 3.15. The fourth-order valence-corrected chi connectivity index (χ4v) is 3.15. The molecule has 0 spiro atoms. The summed E-state index contributed by atoms with van der Waals surface area (Å²) in [6, 6.07) is 6.29. The number of rotatable bonds is 3. The van der Waals surface area contributed by atoms with Gasteiger partial charge in [0.15, 0.2) is 5.65 Å². The number of H-pyrrole nitrogens is 1. The summed E-state index contributed by atoms with van der Waals surface area (Å²) in [4.78, 5) is 16.7. The average Bonchev–Trinajstić information content (AvgIpc) is 3.03. The molecule has 4 heterocycles. The van der Waals surface area contributed by atoms with Crippen molar-refractivity contribution in [3.05, 3.63) is 36.8 Å². The zero-order valence-corrected chi connectivity index (χ0v) is 13.1. The van der Waals surface area contributed by atoms with Crippen molar-refractivity contribution >= 4 is 17.0 Å².